The van der Waals surface area contributed by atoms with Gasteiger partial charge >= 0.3 is 5.97 Å². The molecule has 6 unspecified atom stereocenters. The summed E-state index contributed by atoms with van der Waals surface area (Å²) in [5.41, 5.74) is 0.326. The molecule has 6 atom stereocenters. The minimum absolute atomic E-state index is 0.250. The molecule has 5 heteroatoms. The van der Waals surface area contributed by atoms with Gasteiger partial charge in [-0.05, 0) is 19.3 Å². The van der Waals surface area contributed by atoms with Crippen molar-refractivity contribution < 1.29 is 24.9 Å². The predicted molar refractivity (Wildman–Crippen MR) is 77.3 cm³/mol. The molecule has 0 heterocycles. The molecule has 2 saturated carbocycles. The summed E-state index contributed by atoms with van der Waals surface area (Å²) in [6.45, 7) is 9.56. The standard InChI is InChI=1S/C16H24O5/c1-8-7-11(17)14(19)16(3)6-5-10(13(18)12(8)16)9(2)15(20)21-4/h10-14,17-19H,1-2,5-7H2,3-4H3. The van der Waals surface area contributed by atoms with Crippen molar-refractivity contribution in [3.8, 4) is 0 Å². The number of hydrogen-bond donors (Lipinski definition) is 3. The van der Waals surface area contributed by atoms with Gasteiger partial charge in [0.1, 0.15) is 0 Å². The van der Waals surface area contributed by atoms with Crippen LogP contribution >= 0.6 is 0 Å². The third-order valence-corrected chi connectivity index (χ3v) is 5.30. The molecule has 0 bridgehead atoms. The van der Waals surface area contributed by atoms with Crippen LogP contribution in [0.25, 0.3) is 0 Å². The molecule has 21 heavy (non-hydrogen) atoms. The molecule has 118 valence electrons. The maximum absolute atomic E-state index is 11.6. The second-order valence-corrected chi connectivity index (χ2v) is 6.51. The van der Waals surface area contributed by atoms with E-state index >= 15 is 0 Å². The Bertz CT molecular complexity index is 471. The first-order valence-corrected chi connectivity index (χ1v) is 7.23. The molecule has 0 aliphatic heterocycles. The minimum atomic E-state index is -0.907. The monoisotopic (exact) mass is 296 g/mol. The number of rotatable bonds is 2. The van der Waals surface area contributed by atoms with Crippen molar-refractivity contribution in [1.82, 2.24) is 0 Å². The largest absolute Gasteiger partial charge is 0.466 e. The van der Waals surface area contributed by atoms with Crippen molar-refractivity contribution in [2.75, 3.05) is 7.11 Å². The predicted octanol–water partition coefficient (Wildman–Crippen LogP) is 0.791. The van der Waals surface area contributed by atoms with Crippen LogP contribution in [0.4, 0.5) is 0 Å². The van der Waals surface area contributed by atoms with Crippen molar-refractivity contribution >= 4 is 5.97 Å². The summed E-state index contributed by atoms with van der Waals surface area (Å²) < 4.78 is 4.68. The molecule has 2 aliphatic carbocycles. The lowest BCUT2D eigenvalue weighted by Crippen LogP contribution is -2.58. The maximum atomic E-state index is 11.6. The molecule has 0 saturated heterocycles. The highest BCUT2D eigenvalue weighted by Gasteiger charge is 2.56. The third kappa shape index (κ3) is 2.43. The van der Waals surface area contributed by atoms with Crippen molar-refractivity contribution in [2.24, 2.45) is 17.3 Å². The summed E-state index contributed by atoms with van der Waals surface area (Å²) in [6.07, 6.45) is -1.27. The van der Waals surface area contributed by atoms with Crippen LogP contribution in [0.3, 0.4) is 0 Å². The molecule has 0 aromatic heterocycles. The van der Waals surface area contributed by atoms with Gasteiger partial charge in [0.15, 0.2) is 0 Å². The average molecular weight is 296 g/mol. The molecule has 3 N–H and O–H groups in total. The first-order chi connectivity index (χ1) is 9.74. The molecule has 0 amide bonds. The normalized spacial score (nSPS) is 43.1. The smallest absolute Gasteiger partial charge is 0.333 e. The van der Waals surface area contributed by atoms with E-state index in [1.807, 2.05) is 6.92 Å². The van der Waals surface area contributed by atoms with Gasteiger partial charge < -0.3 is 20.1 Å². The summed E-state index contributed by atoms with van der Waals surface area (Å²) in [5.74, 6) is -1.30. The van der Waals surface area contributed by atoms with Gasteiger partial charge in [0.25, 0.3) is 0 Å². The Labute approximate surface area is 124 Å². The fourth-order valence-electron chi connectivity index (χ4n) is 4.06. The Morgan fingerprint density at radius 2 is 2.00 bits per heavy atom. The first-order valence-electron chi connectivity index (χ1n) is 7.23. The van der Waals surface area contributed by atoms with Crippen LogP contribution in [0.1, 0.15) is 26.2 Å². The molecular weight excluding hydrogens is 272 g/mol. The summed E-state index contributed by atoms with van der Waals surface area (Å²) in [5, 5.41) is 31.0. The lowest BCUT2D eigenvalue weighted by molar-refractivity contribution is -0.153. The molecule has 0 aromatic carbocycles. The zero-order chi connectivity index (χ0) is 15.9. The number of aliphatic hydroxyl groups is 3. The van der Waals surface area contributed by atoms with E-state index in [0.29, 0.717) is 18.4 Å². The van der Waals surface area contributed by atoms with Crippen molar-refractivity contribution in [3.63, 3.8) is 0 Å². The Hall–Kier alpha value is -1.17. The van der Waals surface area contributed by atoms with Gasteiger partial charge in [-0.1, -0.05) is 25.7 Å². The van der Waals surface area contributed by atoms with Gasteiger partial charge in [0, 0.05) is 22.8 Å². The number of aliphatic hydroxyl groups excluding tert-OH is 3. The Morgan fingerprint density at radius 3 is 2.57 bits per heavy atom. The van der Waals surface area contributed by atoms with E-state index in [0.717, 1.165) is 0 Å². The molecule has 2 aliphatic rings. The summed E-state index contributed by atoms with van der Waals surface area (Å²) in [6, 6.07) is 0. The van der Waals surface area contributed by atoms with Gasteiger partial charge in [-0.25, -0.2) is 4.79 Å². The van der Waals surface area contributed by atoms with E-state index in [-0.39, 0.29) is 17.9 Å². The number of ether oxygens (including phenoxy) is 1. The lowest BCUT2D eigenvalue weighted by atomic mass is 9.53. The van der Waals surface area contributed by atoms with Crippen LogP contribution in [0.15, 0.2) is 24.3 Å². The van der Waals surface area contributed by atoms with E-state index in [1.54, 1.807) is 0 Å². The van der Waals surface area contributed by atoms with E-state index in [9.17, 15) is 20.1 Å². The molecule has 0 aromatic rings. The Morgan fingerprint density at radius 1 is 1.38 bits per heavy atom. The second kappa shape index (κ2) is 5.55. The number of fused-ring (bicyclic) bond motifs is 1. The molecular formula is C16H24O5. The van der Waals surface area contributed by atoms with Gasteiger partial charge in [-0.15, -0.1) is 0 Å². The van der Waals surface area contributed by atoms with Gasteiger partial charge in [-0.2, -0.15) is 0 Å². The van der Waals surface area contributed by atoms with Crippen LogP contribution in [0.5, 0.6) is 0 Å². The van der Waals surface area contributed by atoms with Crippen LogP contribution in [-0.2, 0) is 9.53 Å². The minimum Gasteiger partial charge on any atom is -0.466 e. The molecule has 0 radical (unpaired) electrons. The SMILES string of the molecule is C=C(C(=O)OC)C1CCC2(C)C(O)C(O)CC(=C)C2C1O. The molecule has 2 rings (SSSR count). The topological polar surface area (TPSA) is 87.0 Å². The Balaban J connectivity index is 2.30. The first kappa shape index (κ1) is 16.2. The van der Waals surface area contributed by atoms with E-state index in [1.165, 1.54) is 7.11 Å². The highest BCUT2D eigenvalue weighted by atomic mass is 16.5. The lowest BCUT2D eigenvalue weighted by Gasteiger charge is -2.55. The fraction of sp³-hybridized carbons (Fsp3) is 0.688. The number of esters is 1. The van der Waals surface area contributed by atoms with E-state index < -0.39 is 35.6 Å². The average Bonchev–Trinajstić information content (AvgIpc) is 2.43. The zero-order valence-electron chi connectivity index (χ0n) is 12.6. The molecule has 0 spiro atoms. The maximum Gasteiger partial charge on any atom is 0.333 e. The zero-order valence-corrected chi connectivity index (χ0v) is 12.6. The summed E-state index contributed by atoms with van der Waals surface area (Å²) >= 11 is 0. The van der Waals surface area contributed by atoms with Crippen molar-refractivity contribution in [1.29, 1.82) is 0 Å². The number of carbonyl (C=O) groups excluding carboxylic acids is 1. The number of methoxy groups -OCH3 is 1. The fourth-order valence-corrected chi connectivity index (χ4v) is 4.06. The Kier molecular flexibility index (Phi) is 4.29. The van der Waals surface area contributed by atoms with E-state index in [4.69, 9.17) is 0 Å². The summed E-state index contributed by atoms with van der Waals surface area (Å²) in [7, 11) is 1.28. The van der Waals surface area contributed by atoms with Crippen molar-refractivity contribution in [3.05, 3.63) is 24.3 Å². The van der Waals surface area contributed by atoms with E-state index in [2.05, 4.69) is 17.9 Å². The van der Waals surface area contributed by atoms with Gasteiger partial charge in [0.2, 0.25) is 0 Å². The van der Waals surface area contributed by atoms with Crippen LogP contribution in [0.2, 0.25) is 0 Å². The summed E-state index contributed by atoms with van der Waals surface area (Å²) in [4.78, 5) is 11.6. The second-order valence-electron chi connectivity index (χ2n) is 6.51. The van der Waals surface area contributed by atoms with Crippen LogP contribution in [0, 0.1) is 17.3 Å². The number of hydrogen-bond acceptors (Lipinski definition) is 5. The quantitative estimate of drug-likeness (QED) is 0.398. The van der Waals surface area contributed by atoms with Crippen LogP contribution in [-0.4, -0.2) is 46.7 Å². The third-order valence-electron chi connectivity index (χ3n) is 5.30. The molecule has 2 fully saturated rings. The van der Waals surface area contributed by atoms with Gasteiger partial charge in [-0.3, -0.25) is 0 Å². The van der Waals surface area contributed by atoms with Gasteiger partial charge in [0.05, 0.1) is 25.4 Å². The number of carbonyl (C=O) groups is 1. The highest BCUT2D eigenvalue weighted by molar-refractivity contribution is 5.88. The van der Waals surface area contributed by atoms with Crippen LogP contribution < -0.4 is 0 Å². The highest BCUT2D eigenvalue weighted by Crippen LogP contribution is 2.54. The van der Waals surface area contributed by atoms with Crippen molar-refractivity contribution in [2.45, 2.75) is 44.5 Å². The molecule has 5 nitrogen and oxygen atoms in total.